The highest BCUT2D eigenvalue weighted by molar-refractivity contribution is 7.89. The van der Waals surface area contributed by atoms with Gasteiger partial charge in [-0.1, -0.05) is 55.0 Å². The number of carbonyl (C=O) groups is 1. The summed E-state index contributed by atoms with van der Waals surface area (Å²) in [6, 6.07) is 20.7. The molecule has 3 unspecified atom stereocenters. The van der Waals surface area contributed by atoms with Gasteiger partial charge in [0.25, 0.3) is 0 Å². The van der Waals surface area contributed by atoms with Gasteiger partial charge in [-0.15, -0.1) is 0 Å². The molecule has 7 nitrogen and oxygen atoms in total. The highest BCUT2D eigenvalue weighted by Crippen LogP contribution is 2.34. The Morgan fingerprint density at radius 3 is 2.53 bits per heavy atom. The fourth-order valence-electron chi connectivity index (χ4n) is 5.31. The number of benzene rings is 2. The zero-order valence-electron chi connectivity index (χ0n) is 22.2. The zero-order chi connectivity index (χ0) is 27.0. The maximum Gasteiger partial charge on any atom is 0.240 e. The summed E-state index contributed by atoms with van der Waals surface area (Å²) in [6.07, 6.45) is 8.40. The van der Waals surface area contributed by atoms with Crippen molar-refractivity contribution in [2.75, 3.05) is 20.6 Å². The molecule has 0 saturated carbocycles. The quantitative estimate of drug-likeness (QED) is 0.344. The molecule has 1 aromatic heterocycles. The van der Waals surface area contributed by atoms with Crippen molar-refractivity contribution in [3.63, 3.8) is 0 Å². The zero-order valence-corrected chi connectivity index (χ0v) is 23.0. The summed E-state index contributed by atoms with van der Waals surface area (Å²) < 4.78 is 27.5. The van der Waals surface area contributed by atoms with Crippen LogP contribution in [0.25, 0.3) is 0 Å². The number of pyridine rings is 1. The maximum atomic E-state index is 13.5. The number of fused-ring (bicyclic) bond motifs is 1. The molecule has 8 heteroatoms. The molecular formula is C30H38N4O3S. The number of unbranched alkanes of at least 4 members (excludes halogenated alkanes) is 1. The standard InChI is InChI=1S/C30H38N4O3S/c1-34(2)29(16-8-9-20-32-38(36,37)25-13-4-3-5-14-25)30(35)33-28-18-17-24-12-6-7-15-26(24)27(28)21-23-11-10-19-31-22-23/h3-7,10-15,19,22,27-29,32H,8-9,16-18,20-21H2,1-2H3,(H,33,35). The van der Waals surface area contributed by atoms with Crippen LogP contribution >= 0.6 is 0 Å². The number of rotatable bonds is 12. The number of aromatic nitrogens is 1. The molecule has 2 N–H and O–H groups in total. The third-order valence-electron chi connectivity index (χ3n) is 7.35. The van der Waals surface area contributed by atoms with Crippen LogP contribution in [-0.4, -0.2) is 56.9 Å². The second kappa shape index (κ2) is 13.1. The van der Waals surface area contributed by atoms with Crippen LogP contribution in [0, 0.1) is 0 Å². The van der Waals surface area contributed by atoms with Crippen LogP contribution in [0.3, 0.4) is 0 Å². The van der Waals surface area contributed by atoms with E-state index >= 15 is 0 Å². The molecule has 1 aliphatic rings. The lowest BCUT2D eigenvalue weighted by Gasteiger charge is -2.36. The molecule has 0 fully saturated rings. The molecule has 0 saturated heterocycles. The average Bonchev–Trinajstić information content (AvgIpc) is 2.92. The first-order chi connectivity index (χ1) is 18.3. The Morgan fingerprint density at radius 1 is 1.03 bits per heavy atom. The van der Waals surface area contributed by atoms with E-state index in [9.17, 15) is 13.2 Å². The number of aryl methyl sites for hydroxylation is 1. The molecule has 3 aromatic rings. The Kier molecular flexibility index (Phi) is 9.66. The van der Waals surface area contributed by atoms with Gasteiger partial charge in [-0.05, 0) is 81.1 Å². The second-order valence-electron chi connectivity index (χ2n) is 10.2. The van der Waals surface area contributed by atoms with Crippen LogP contribution in [0.1, 0.15) is 48.3 Å². The largest absolute Gasteiger partial charge is 0.351 e. The van der Waals surface area contributed by atoms with E-state index in [4.69, 9.17) is 0 Å². The maximum absolute atomic E-state index is 13.5. The van der Waals surface area contributed by atoms with E-state index in [1.165, 1.54) is 11.1 Å². The van der Waals surface area contributed by atoms with Crippen LogP contribution in [0.5, 0.6) is 0 Å². The van der Waals surface area contributed by atoms with Gasteiger partial charge in [0.2, 0.25) is 15.9 Å². The summed E-state index contributed by atoms with van der Waals surface area (Å²) in [5, 5.41) is 3.39. The Morgan fingerprint density at radius 2 is 1.79 bits per heavy atom. The third kappa shape index (κ3) is 7.28. The molecule has 38 heavy (non-hydrogen) atoms. The van der Waals surface area contributed by atoms with E-state index < -0.39 is 10.0 Å². The summed E-state index contributed by atoms with van der Waals surface area (Å²) >= 11 is 0. The summed E-state index contributed by atoms with van der Waals surface area (Å²) in [5.41, 5.74) is 3.82. The van der Waals surface area contributed by atoms with Crippen LogP contribution < -0.4 is 10.0 Å². The van der Waals surface area contributed by atoms with Crippen LogP contribution in [0.2, 0.25) is 0 Å². The van der Waals surface area contributed by atoms with Gasteiger partial charge in [-0.2, -0.15) is 0 Å². The summed E-state index contributed by atoms with van der Waals surface area (Å²) in [4.78, 5) is 20.0. The van der Waals surface area contributed by atoms with E-state index in [1.54, 1.807) is 36.5 Å². The monoisotopic (exact) mass is 534 g/mol. The topological polar surface area (TPSA) is 91.4 Å². The SMILES string of the molecule is CN(C)C(CCCCNS(=O)(=O)c1ccccc1)C(=O)NC1CCc2ccccc2C1Cc1cccnc1. The summed E-state index contributed by atoms with van der Waals surface area (Å²) in [7, 11) is 0.331. The van der Waals surface area contributed by atoms with Crippen molar-refractivity contribution < 1.29 is 13.2 Å². The van der Waals surface area contributed by atoms with E-state index in [1.807, 2.05) is 31.3 Å². The number of likely N-dealkylation sites (N-methyl/N-ethyl adjacent to an activating group) is 1. The fourth-order valence-corrected chi connectivity index (χ4v) is 6.40. The van der Waals surface area contributed by atoms with Crippen molar-refractivity contribution in [2.24, 2.45) is 0 Å². The van der Waals surface area contributed by atoms with Crippen LogP contribution in [0.15, 0.2) is 84.0 Å². The van der Waals surface area contributed by atoms with Crippen molar-refractivity contribution in [3.8, 4) is 0 Å². The first-order valence-corrected chi connectivity index (χ1v) is 14.8. The molecular weight excluding hydrogens is 496 g/mol. The number of hydrogen-bond donors (Lipinski definition) is 2. The number of sulfonamides is 1. The molecule has 1 amide bonds. The first-order valence-electron chi connectivity index (χ1n) is 13.3. The van der Waals surface area contributed by atoms with E-state index in [0.717, 1.165) is 31.2 Å². The predicted octanol–water partition coefficient (Wildman–Crippen LogP) is 3.92. The van der Waals surface area contributed by atoms with Gasteiger partial charge in [0.15, 0.2) is 0 Å². The molecule has 0 aliphatic heterocycles. The van der Waals surface area contributed by atoms with E-state index in [-0.39, 0.29) is 28.8 Å². The van der Waals surface area contributed by atoms with Gasteiger partial charge in [0, 0.05) is 30.9 Å². The van der Waals surface area contributed by atoms with Crippen LogP contribution in [0.4, 0.5) is 0 Å². The van der Waals surface area contributed by atoms with Crippen molar-refractivity contribution >= 4 is 15.9 Å². The van der Waals surface area contributed by atoms with Crippen molar-refractivity contribution in [1.82, 2.24) is 19.9 Å². The van der Waals surface area contributed by atoms with Crippen molar-refractivity contribution in [1.29, 1.82) is 0 Å². The fraction of sp³-hybridized carbons (Fsp3) is 0.400. The normalized spacial score (nSPS) is 18.1. The lowest BCUT2D eigenvalue weighted by atomic mass is 9.76. The Bertz CT molecular complexity index is 1280. The Labute approximate surface area is 226 Å². The number of amides is 1. The number of nitrogens with zero attached hydrogens (tertiary/aromatic N) is 2. The minimum atomic E-state index is -3.51. The third-order valence-corrected chi connectivity index (χ3v) is 8.82. The highest BCUT2D eigenvalue weighted by atomic mass is 32.2. The lowest BCUT2D eigenvalue weighted by molar-refractivity contribution is -0.126. The number of hydrogen-bond acceptors (Lipinski definition) is 5. The molecule has 0 bridgehead atoms. The highest BCUT2D eigenvalue weighted by Gasteiger charge is 2.32. The minimum Gasteiger partial charge on any atom is -0.351 e. The molecule has 0 spiro atoms. The van der Waals surface area contributed by atoms with Gasteiger partial charge in [-0.25, -0.2) is 13.1 Å². The smallest absolute Gasteiger partial charge is 0.240 e. The average molecular weight is 535 g/mol. The molecule has 202 valence electrons. The van der Waals surface area contributed by atoms with Crippen LogP contribution in [-0.2, 0) is 27.7 Å². The number of nitrogens with one attached hydrogen (secondary N) is 2. The van der Waals surface area contributed by atoms with Crippen molar-refractivity contribution in [3.05, 3.63) is 95.8 Å². The minimum absolute atomic E-state index is 0.0282. The first kappa shape index (κ1) is 28.0. The van der Waals surface area contributed by atoms with Gasteiger partial charge < -0.3 is 5.32 Å². The second-order valence-corrected chi connectivity index (χ2v) is 12.0. The molecule has 2 aromatic carbocycles. The predicted molar refractivity (Wildman–Crippen MR) is 150 cm³/mol. The lowest BCUT2D eigenvalue weighted by Crippen LogP contribution is -2.50. The van der Waals surface area contributed by atoms with E-state index in [0.29, 0.717) is 19.4 Å². The summed E-state index contributed by atoms with van der Waals surface area (Å²) in [5.74, 6) is 0.212. The van der Waals surface area contributed by atoms with Gasteiger partial charge >= 0.3 is 0 Å². The molecule has 1 heterocycles. The van der Waals surface area contributed by atoms with Gasteiger partial charge in [0.05, 0.1) is 10.9 Å². The Balaban J connectivity index is 1.35. The van der Waals surface area contributed by atoms with Gasteiger partial charge in [0.1, 0.15) is 0 Å². The molecule has 3 atom stereocenters. The van der Waals surface area contributed by atoms with Crippen molar-refractivity contribution in [2.45, 2.75) is 61.4 Å². The molecule has 1 aliphatic carbocycles. The Hall–Kier alpha value is -3.07. The molecule has 4 rings (SSSR count). The van der Waals surface area contributed by atoms with Gasteiger partial charge in [-0.3, -0.25) is 14.7 Å². The summed E-state index contributed by atoms with van der Waals surface area (Å²) in [6.45, 7) is 0.339. The number of carbonyl (C=O) groups excluding carboxylic acids is 1. The molecule has 0 radical (unpaired) electrons. The van der Waals surface area contributed by atoms with E-state index in [2.05, 4.69) is 45.4 Å².